The minimum absolute atomic E-state index is 0.00754. The van der Waals surface area contributed by atoms with Gasteiger partial charge in [0.05, 0.1) is 17.9 Å². The van der Waals surface area contributed by atoms with Crippen LogP contribution in [-0.4, -0.2) is 28.7 Å². The Morgan fingerprint density at radius 2 is 2.21 bits per heavy atom. The summed E-state index contributed by atoms with van der Waals surface area (Å²) in [7, 11) is 0. The van der Waals surface area contributed by atoms with Crippen LogP contribution in [0.15, 0.2) is 18.3 Å². The lowest BCUT2D eigenvalue weighted by Crippen LogP contribution is -2.39. The van der Waals surface area contributed by atoms with Crippen LogP contribution >= 0.6 is 0 Å². The Morgan fingerprint density at radius 3 is 2.74 bits per heavy atom. The maximum Gasteiger partial charge on any atom is 0.418 e. The molecule has 0 aliphatic heterocycles. The average molecular weight is 278 g/mol. The normalized spacial score (nSPS) is 14.8. The van der Waals surface area contributed by atoms with Crippen LogP contribution in [0.1, 0.15) is 24.3 Å². The summed E-state index contributed by atoms with van der Waals surface area (Å²) in [6.45, 7) is 1.52. The molecule has 5 nitrogen and oxygen atoms in total. The van der Waals surface area contributed by atoms with Crippen LogP contribution in [0, 0.1) is 0 Å². The first-order valence-electron chi connectivity index (χ1n) is 5.41. The molecule has 1 aromatic heterocycles. The van der Waals surface area contributed by atoms with E-state index in [9.17, 15) is 23.1 Å². The lowest BCUT2D eigenvalue weighted by atomic mass is 10.0. The van der Waals surface area contributed by atoms with Crippen molar-refractivity contribution in [3.8, 4) is 0 Å². The molecule has 19 heavy (non-hydrogen) atoms. The van der Waals surface area contributed by atoms with Gasteiger partial charge in [0.25, 0.3) is 0 Å². The molecule has 0 aliphatic rings. The number of aliphatic hydroxyl groups excluding tert-OH is 1. The number of hydrogen-bond donors (Lipinski definition) is 2. The molecule has 0 aromatic carbocycles. The third-order valence-corrected chi connectivity index (χ3v) is 2.32. The highest BCUT2D eigenvalue weighted by molar-refractivity contribution is 5.76. The standard InChI is InChI=1S/C11H13F3N2O3/c1-2-19-10(18)7(15)9(17)8-6(11(12,13)14)4-3-5-16-8/h3-5,7,9,17H,2,15H2,1H3/t7-,9-/m0/s1. The predicted octanol–water partition coefficient (Wildman–Crippen LogP) is 1.02. The molecule has 0 bridgehead atoms. The molecule has 0 radical (unpaired) electrons. The Labute approximate surface area is 107 Å². The molecule has 1 heterocycles. The molecule has 1 rings (SSSR count). The number of pyridine rings is 1. The molecule has 0 fully saturated rings. The number of aliphatic hydroxyl groups is 1. The van der Waals surface area contributed by atoms with Gasteiger partial charge in [-0.05, 0) is 19.1 Å². The molecular weight excluding hydrogens is 265 g/mol. The zero-order valence-electron chi connectivity index (χ0n) is 10.0. The maximum absolute atomic E-state index is 12.7. The molecule has 0 unspecified atom stereocenters. The third-order valence-electron chi connectivity index (χ3n) is 2.32. The van der Waals surface area contributed by atoms with Gasteiger partial charge in [0.2, 0.25) is 0 Å². The number of aromatic nitrogens is 1. The van der Waals surface area contributed by atoms with Crippen molar-refractivity contribution in [1.29, 1.82) is 0 Å². The second-order valence-corrected chi connectivity index (χ2v) is 3.66. The van der Waals surface area contributed by atoms with Crippen LogP contribution in [0.25, 0.3) is 0 Å². The van der Waals surface area contributed by atoms with E-state index in [2.05, 4.69) is 9.72 Å². The topological polar surface area (TPSA) is 85.4 Å². The molecule has 0 amide bonds. The second-order valence-electron chi connectivity index (χ2n) is 3.66. The zero-order chi connectivity index (χ0) is 14.6. The first-order valence-corrected chi connectivity index (χ1v) is 5.41. The van der Waals surface area contributed by atoms with Crippen molar-refractivity contribution in [2.75, 3.05) is 6.61 Å². The minimum Gasteiger partial charge on any atom is -0.465 e. The number of ether oxygens (including phenoxy) is 1. The fourth-order valence-corrected chi connectivity index (χ4v) is 1.43. The number of alkyl halides is 3. The van der Waals surface area contributed by atoms with Gasteiger partial charge >= 0.3 is 12.1 Å². The van der Waals surface area contributed by atoms with Gasteiger partial charge in [-0.2, -0.15) is 13.2 Å². The largest absolute Gasteiger partial charge is 0.465 e. The van der Waals surface area contributed by atoms with E-state index >= 15 is 0 Å². The summed E-state index contributed by atoms with van der Waals surface area (Å²) in [4.78, 5) is 14.8. The molecule has 106 valence electrons. The van der Waals surface area contributed by atoms with Gasteiger partial charge in [-0.1, -0.05) is 0 Å². The van der Waals surface area contributed by atoms with Crippen molar-refractivity contribution in [3.63, 3.8) is 0 Å². The molecular formula is C11H13F3N2O3. The number of hydrogen-bond acceptors (Lipinski definition) is 5. The lowest BCUT2D eigenvalue weighted by Gasteiger charge is -2.20. The Morgan fingerprint density at radius 1 is 1.58 bits per heavy atom. The minimum atomic E-state index is -4.70. The molecule has 0 saturated carbocycles. The Kier molecular flexibility index (Phi) is 4.84. The first-order chi connectivity index (χ1) is 8.79. The Hall–Kier alpha value is -1.67. The van der Waals surface area contributed by atoms with Gasteiger partial charge in [0.1, 0.15) is 12.1 Å². The summed E-state index contributed by atoms with van der Waals surface area (Å²) in [5, 5.41) is 9.74. The number of rotatable bonds is 4. The van der Waals surface area contributed by atoms with E-state index in [4.69, 9.17) is 5.73 Å². The zero-order valence-corrected chi connectivity index (χ0v) is 10.0. The molecule has 1 aromatic rings. The average Bonchev–Trinajstić information content (AvgIpc) is 2.36. The highest BCUT2D eigenvalue weighted by atomic mass is 19.4. The van der Waals surface area contributed by atoms with Gasteiger partial charge in [0.15, 0.2) is 0 Å². The third kappa shape index (κ3) is 3.65. The summed E-state index contributed by atoms with van der Waals surface area (Å²) in [6, 6.07) is 0.203. The molecule has 0 saturated heterocycles. The SMILES string of the molecule is CCOC(=O)[C@@H](N)[C@H](O)c1ncccc1C(F)(F)F. The van der Waals surface area contributed by atoms with Gasteiger partial charge in [-0.15, -0.1) is 0 Å². The van der Waals surface area contributed by atoms with E-state index in [1.165, 1.54) is 6.92 Å². The Balaban J connectivity index is 3.06. The van der Waals surface area contributed by atoms with Crippen molar-refractivity contribution < 1.29 is 27.8 Å². The summed E-state index contributed by atoms with van der Waals surface area (Å²) >= 11 is 0. The number of halogens is 3. The summed E-state index contributed by atoms with van der Waals surface area (Å²) in [5.74, 6) is -0.992. The number of nitrogens with two attached hydrogens (primary N) is 1. The fraction of sp³-hybridized carbons (Fsp3) is 0.455. The van der Waals surface area contributed by atoms with Crippen LogP contribution in [0.2, 0.25) is 0 Å². The lowest BCUT2D eigenvalue weighted by molar-refractivity contribution is -0.149. The quantitative estimate of drug-likeness (QED) is 0.803. The molecule has 3 N–H and O–H groups in total. The second kappa shape index (κ2) is 5.98. The van der Waals surface area contributed by atoms with Gasteiger partial charge in [-0.3, -0.25) is 9.78 Å². The molecule has 0 spiro atoms. The number of carbonyl (C=O) groups is 1. The van der Waals surface area contributed by atoms with Crippen molar-refractivity contribution in [3.05, 3.63) is 29.6 Å². The highest BCUT2D eigenvalue weighted by Gasteiger charge is 2.38. The molecule has 2 atom stereocenters. The molecule has 8 heteroatoms. The van der Waals surface area contributed by atoms with Crippen LogP contribution in [-0.2, 0) is 15.7 Å². The van der Waals surface area contributed by atoms with Crippen molar-refractivity contribution >= 4 is 5.97 Å². The highest BCUT2D eigenvalue weighted by Crippen LogP contribution is 2.34. The number of carbonyl (C=O) groups excluding carboxylic acids is 1. The van der Waals surface area contributed by atoms with Crippen molar-refractivity contribution in [2.24, 2.45) is 5.73 Å². The summed E-state index contributed by atoms with van der Waals surface area (Å²) in [5.41, 5.74) is 3.52. The Bertz CT molecular complexity index is 451. The summed E-state index contributed by atoms with van der Waals surface area (Å²) in [6.07, 6.45) is -5.51. The van der Waals surface area contributed by atoms with E-state index in [1.807, 2.05) is 0 Å². The smallest absolute Gasteiger partial charge is 0.418 e. The van der Waals surface area contributed by atoms with Gasteiger partial charge in [-0.25, -0.2) is 0 Å². The summed E-state index contributed by atoms with van der Waals surface area (Å²) < 4.78 is 42.7. The predicted molar refractivity (Wildman–Crippen MR) is 58.8 cm³/mol. The van der Waals surface area contributed by atoms with E-state index in [-0.39, 0.29) is 6.61 Å². The van der Waals surface area contributed by atoms with E-state index in [0.29, 0.717) is 0 Å². The van der Waals surface area contributed by atoms with E-state index < -0.39 is 35.5 Å². The van der Waals surface area contributed by atoms with E-state index in [1.54, 1.807) is 0 Å². The fourth-order valence-electron chi connectivity index (χ4n) is 1.43. The van der Waals surface area contributed by atoms with E-state index in [0.717, 1.165) is 18.3 Å². The van der Waals surface area contributed by atoms with Crippen LogP contribution < -0.4 is 5.73 Å². The van der Waals surface area contributed by atoms with Crippen LogP contribution in [0.4, 0.5) is 13.2 Å². The first kappa shape index (κ1) is 15.4. The van der Waals surface area contributed by atoms with Gasteiger partial charge < -0.3 is 15.6 Å². The maximum atomic E-state index is 12.7. The molecule has 0 aliphatic carbocycles. The van der Waals surface area contributed by atoms with Crippen LogP contribution in [0.5, 0.6) is 0 Å². The van der Waals surface area contributed by atoms with Crippen molar-refractivity contribution in [1.82, 2.24) is 4.98 Å². The van der Waals surface area contributed by atoms with Gasteiger partial charge in [0, 0.05) is 6.20 Å². The van der Waals surface area contributed by atoms with Crippen LogP contribution in [0.3, 0.4) is 0 Å². The number of esters is 1. The number of nitrogens with zero attached hydrogens (tertiary/aromatic N) is 1. The van der Waals surface area contributed by atoms with Crippen molar-refractivity contribution in [2.45, 2.75) is 25.2 Å². The monoisotopic (exact) mass is 278 g/mol.